The second-order valence-corrected chi connectivity index (χ2v) is 6.04. The van der Waals surface area contributed by atoms with Crippen molar-refractivity contribution in [1.29, 1.82) is 0 Å². The van der Waals surface area contributed by atoms with Gasteiger partial charge in [-0.25, -0.2) is 0 Å². The van der Waals surface area contributed by atoms with Gasteiger partial charge in [0, 0.05) is 11.6 Å². The molecule has 1 aromatic carbocycles. The zero-order valence-corrected chi connectivity index (χ0v) is 10.2. The molecule has 0 aliphatic carbocycles. The fraction of sp³-hybridized carbons (Fsp3) is 0.571. The van der Waals surface area contributed by atoms with E-state index < -0.39 is 0 Å². The molecule has 1 saturated heterocycles. The molecule has 0 spiro atoms. The van der Waals surface area contributed by atoms with Crippen molar-refractivity contribution in [1.82, 2.24) is 5.32 Å². The van der Waals surface area contributed by atoms with Gasteiger partial charge in [-0.1, -0.05) is 44.2 Å². The monoisotopic (exact) mass is 203 g/mol. The van der Waals surface area contributed by atoms with Gasteiger partial charge in [0.05, 0.1) is 0 Å². The molecular weight excluding hydrogens is 182 g/mol. The minimum atomic E-state index is 0.254. The summed E-state index contributed by atoms with van der Waals surface area (Å²) in [5, 5.41) is 3.74. The topological polar surface area (TPSA) is 12.0 Å². The van der Waals surface area contributed by atoms with Crippen molar-refractivity contribution >= 4 is 0 Å². The van der Waals surface area contributed by atoms with Crippen LogP contribution in [0.1, 0.15) is 45.7 Å². The minimum absolute atomic E-state index is 0.254. The molecule has 0 saturated carbocycles. The van der Waals surface area contributed by atoms with Crippen LogP contribution in [0.25, 0.3) is 0 Å². The van der Waals surface area contributed by atoms with Gasteiger partial charge in [-0.2, -0.15) is 0 Å². The summed E-state index contributed by atoms with van der Waals surface area (Å²) in [7, 11) is 0. The molecule has 1 nitrogen and oxygen atoms in total. The summed E-state index contributed by atoms with van der Waals surface area (Å²) in [6.07, 6.45) is 1.22. The smallest absolute Gasteiger partial charge is 0.0376 e. The average Bonchev–Trinajstić information content (AvgIpc) is 2.36. The Hall–Kier alpha value is -0.820. The van der Waals surface area contributed by atoms with E-state index in [1.54, 1.807) is 0 Å². The second-order valence-electron chi connectivity index (χ2n) is 6.04. The highest BCUT2D eigenvalue weighted by molar-refractivity contribution is 5.24. The Morgan fingerprint density at radius 3 is 2.13 bits per heavy atom. The molecule has 1 aromatic rings. The van der Waals surface area contributed by atoms with Crippen LogP contribution in [0.3, 0.4) is 0 Å². The Labute approximate surface area is 92.9 Å². The van der Waals surface area contributed by atoms with E-state index in [1.807, 2.05) is 0 Å². The van der Waals surface area contributed by atoms with Crippen molar-refractivity contribution in [2.45, 2.75) is 45.7 Å². The fourth-order valence-electron chi connectivity index (χ4n) is 3.06. The third-order valence-corrected chi connectivity index (χ3v) is 3.35. The van der Waals surface area contributed by atoms with Gasteiger partial charge in [-0.15, -0.1) is 0 Å². The lowest BCUT2D eigenvalue weighted by Crippen LogP contribution is -2.33. The molecule has 0 radical (unpaired) electrons. The normalized spacial score (nSPS) is 27.9. The quantitative estimate of drug-likeness (QED) is 0.736. The van der Waals surface area contributed by atoms with Gasteiger partial charge in [-0.3, -0.25) is 0 Å². The Kier molecular flexibility index (Phi) is 2.38. The predicted octanol–water partition coefficient (Wildman–Crippen LogP) is 3.53. The van der Waals surface area contributed by atoms with Gasteiger partial charge in [0.15, 0.2) is 0 Å². The van der Waals surface area contributed by atoms with Crippen molar-refractivity contribution in [3.8, 4) is 0 Å². The van der Waals surface area contributed by atoms with Gasteiger partial charge in [0.2, 0.25) is 0 Å². The van der Waals surface area contributed by atoms with Crippen molar-refractivity contribution in [2.75, 3.05) is 0 Å². The van der Waals surface area contributed by atoms with Crippen LogP contribution in [0.15, 0.2) is 30.3 Å². The lowest BCUT2D eigenvalue weighted by Gasteiger charge is -2.26. The number of nitrogens with one attached hydrogen (secondary N) is 1. The van der Waals surface area contributed by atoms with Crippen LogP contribution >= 0.6 is 0 Å². The maximum atomic E-state index is 3.74. The molecule has 1 heteroatoms. The van der Waals surface area contributed by atoms with E-state index in [0.29, 0.717) is 11.5 Å². The van der Waals surface area contributed by atoms with Gasteiger partial charge in [0.25, 0.3) is 0 Å². The van der Waals surface area contributed by atoms with Crippen LogP contribution in [0.4, 0.5) is 0 Å². The molecule has 0 amide bonds. The van der Waals surface area contributed by atoms with Crippen LogP contribution in [-0.4, -0.2) is 5.54 Å². The van der Waals surface area contributed by atoms with E-state index in [4.69, 9.17) is 0 Å². The maximum absolute atomic E-state index is 3.74. The summed E-state index contributed by atoms with van der Waals surface area (Å²) in [5.41, 5.74) is 2.00. The van der Waals surface area contributed by atoms with Crippen molar-refractivity contribution in [3.05, 3.63) is 35.9 Å². The second kappa shape index (κ2) is 3.34. The molecule has 1 aliphatic rings. The number of rotatable bonds is 1. The van der Waals surface area contributed by atoms with E-state index in [1.165, 1.54) is 12.0 Å². The standard InChI is InChI=1S/C14H21N/c1-13(2)10-14(3,4)15-12(13)11-8-6-5-7-9-11/h5-9,12,15H,10H2,1-4H3. The third kappa shape index (κ3) is 2.07. The van der Waals surface area contributed by atoms with Crippen LogP contribution < -0.4 is 5.32 Å². The molecule has 15 heavy (non-hydrogen) atoms. The SMILES string of the molecule is CC1(C)CC(C)(C)C(c2ccccc2)N1. The molecule has 1 aliphatic heterocycles. The fourth-order valence-corrected chi connectivity index (χ4v) is 3.06. The van der Waals surface area contributed by atoms with Crippen LogP contribution in [0.5, 0.6) is 0 Å². The molecule has 1 heterocycles. The Balaban J connectivity index is 2.31. The highest BCUT2D eigenvalue weighted by Gasteiger charge is 2.44. The van der Waals surface area contributed by atoms with Crippen molar-refractivity contribution in [2.24, 2.45) is 5.41 Å². The minimum Gasteiger partial charge on any atom is -0.304 e. The van der Waals surface area contributed by atoms with Gasteiger partial charge in [0.1, 0.15) is 0 Å². The lowest BCUT2D eigenvalue weighted by molar-refractivity contribution is 0.316. The van der Waals surface area contributed by atoms with Gasteiger partial charge >= 0.3 is 0 Å². The highest BCUT2D eigenvalue weighted by Crippen LogP contribution is 2.46. The summed E-state index contributed by atoms with van der Waals surface area (Å²) in [4.78, 5) is 0. The van der Waals surface area contributed by atoms with Crippen LogP contribution in [-0.2, 0) is 0 Å². The summed E-state index contributed by atoms with van der Waals surface area (Å²) in [6.45, 7) is 9.29. The first-order chi connectivity index (χ1) is 6.91. The van der Waals surface area contributed by atoms with Crippen molar-refractivity contribution < 1.29 is 0 Å². The van der Waals surface area contributed by atoms with E-state index >= 15 is 0 Å². The molecule has 0 bridgehead atoms. The average molecular weight is 203 g/mol. The Bertz CT molecular complexity index is 338. The van der Waals surface area contributed by atoms with E-state index in [-0.39, 0.29) is 5.54 Å². The zero-order chi connectivity index (χ0) is 11.1. The number of hydrogen-bond acceptors (Lipinski definition) is 1. The van der Waals surface area contributed by atoms with E-state index in [9.17, 15) is 0 Å². The van der Waals surface area contributed by atoms with E-state index in [0.717, 1.165) is 0 Å². The molecule has 1 fully saturated rings. The molecule has 1 atom stereocenters. The summed E-state index contributed by atoms with van der Waals surface area (Å²) in [6, 6.07) is 11.3. The number of benzene rings is 1. The molecule has 0 aromatic heterocycles. The molecule has 2 rings (SSSR count). The van der Waals surface area contributed by atoms with Crippen LogP contribution in [0, 0.1) is 5.41 Å². The summed E-state index contributed by atoms with van der Waals surface area (Å²) in [5.74, 6) is 0. The maximum Gasteiger partial charge on any atom is 0.0376 e. The largest absolute Gasteiger partial charge is 0.304 e. The van der Waals surface area contributed by atoms with Crippen LogP contribution in [0.2, 0.25) is 0 Å². The first kappa shape index (κ1) is 10.7. The zero-order valence-electron chi connectivity index (χ0n) is 10.2. The Morgan fingerprint density at radius 1 is 1.07 bits per heavy atom. The molecule has 82 valence electrons. The summed E-state index contributed by atoms with van der Waals surface area (Å²) < 4.78 is 0. The Morgan fingerprint density at radius 2 is 1.67 bits per heavy atom. The van der Waals surface area contributed by atoms with Gasteiger partial charge < -0.3 is 5.32 Å². The van der Waals surface area contributed by atoms with Crippen molar-refractivity contribution in [3.63, 3.8) is 0 Å². The lowest BCUT2D eigenvalue weighted by atomic mass is 9.79. The molecule has 1 N–H and O–H groups in total. The molecular formula is C14H21N. The third-order valence-electron chi connectivity index (χ3n) is 3.35. The first-order valence-electron chi connectivity index (χ1n) is 5.73. The first-order valence-corrected chi connectivity index (χ1v) is 5.73. The number of hydrogen-bond donors (Lipinski definition) is 1. The summed E-state index contributed by atoms with van der Waals surface area (Å²) >= 11 is 0. The van der Waals surface area contributed by atoms with E-state index in [2.05, 4.69) is 63.3 Å². The molecule has 1 unspecified atom stereocenters. The highest BCUT2D eigenvalue weighted by atomic mass is 15.1. The predicted molar refractivity (Wildman–Crippen MR) is 64.8 cm³/mol. The van der Waals surface area contributed by atoms with Gasteiger partial charge in [-0.05, 0) is 31.2 Å².